The van der Waals surface area contributed by atoms with Crippen LogP contribution in [0, 0.1) is 11.7 Å². The second-order valence-electron chi connectivity index (χ2n) is 5.74. The van der Waals surface area contributed by atoms with E-state index in [1.807, 2.05) is 0 Å². The number of urea groups is 1. The molecule has 0 spiro atoms. The van der Waals surface area contributed by atoms with E-state index in [-0.39, 0.29) is 25.2 Å². The Morgan fingerprint density at radius 2 is 2.04 bits per heavy atom. The third-order valence-electron chi connectivity index (χ3n) is 4.10. The molecule has 1 N–H and O–H groups in total. The van der Waals surface area contributed by atoms with E-state index in [0.717, 1.165) is 4.90 Å². The van der Waals surface area contributed by atoms with Crippen molar-refractivity contribution in [1.29, 1.82) is 0 Å². The fraction of sp³-hybridized carbons (Fsp3) is 0.375. The van der Waals surface area contributed by atoms with Crippen LogP contribution in [0.2, 0.25) is 0 Å². The first-order valence-electron chi connectivity index (χ1n) is 7.77. The standard InChI is InChI=1S/C16H16FN3O5/c17-11-3-1-2-4-12(11)20-8-10(7-13(20)21)15(23)25-9-14(22)19-6-5-18-16(19)24/h1-4,10H,5-9H2,(H,18,24)/t10-/m1/s1. The summed E-state index contributed by atoms with van der Waals surface area (Å²) in [7, 11) is 0. The number of nitrogens with zero attached hydrogens (tertiary/aromatic N) is 2. The Morgan fingerprint density at radius 3 is 2.72 bits per heavy atom. The minimum Gasteiger partial charge on any atom is -0.455 e. The van der Waals surface area contributed by atoms with Crippen molar-refractivity contribution < 1.29 is 28.3 Å². The van der Waals surface area contributed by atoms with Gasteiger partial charge in [0.05, 0.1) is 11.6 Å². The molecule has 0 saturated carbocycles. The number of esters is 1. The number of anilines is 1. The quantitative estimate of drug-likeness (QED) is 0.788. The van der Waals surface area contributed by atoms with Crippen LogP contribution in [-0.2, 0) is 19.1 Å². The van der Waals surface area contributed by atoms with Gasteiger partial charge in [-0.25, -0.2) is 9.18 Å². The summed E-state index contributed by atoms with van der Waals surface area (Å²) >= 11 is 0. The first kappa shape index (κ1) is 16.9. The van der Waals surface area contributed by atoms with Gasteiger partial charge in [-0.2, -0.15) is 0 Å². The summed E-state index contributed by atoms with van der Waals surface area (Å²) in [5, 5.41) is 2.47. The molecule has 1 atom stereocenters. The molecule has 0 aliphatic carbocycles. The number of amides is 4. The topological polar surface area (TPSA) is 96.0 Å². The average Bonchev–Trinajstić information content (AvgIpc) is 3.19. The summed E-state index contributed by atoms with van der Waals surface area (Å²) < 4.78 is 18.7. The maximum absolute atomic E-state index is 13.8. The Bertz CT molecular complexity index is 738. The van der Waals surface area contributed by atoms with Gasteiger partial charge < -0.3 is 15.0 Å². The molecule has 4 amide bonds. The highest BCUT2D eigenvalue weighted by molar-refractivity contribution is 6.00. The van der Waals surface area contributed by atoms with Gasteiger partial charge in [0.1, 0.15) is 5.82 Å². The van der Waals surface area contributed by atoms with Gasteiger partial charge in [-0.3, -0.25) is 19.3 Å². The van der Waals surface area contributed by atoms with E-state index in [1.54, 1.807) is 6.07 Å². The molecule has 1 aromatic rings. The van der Waals surface area contributed by atoms with E-state index in [9.17, 15) is 23.6 Å². The number of rotatable bonds is 4. The van der Waals surface area contributed by atoms with Gasteiger partial charge in [0.15, 0.2) is 6.61 Å². The molecular weight excluding hydrogens is 333 g/mol. The molecule has 132 valence electrons. The van der Waals surface area contributed by atoms with E-state index in [0.29, 0.717) is 6.54 Å². The maximum atomic E-state index is 13.8. The van der Waals surface area contributed by atoms with Gasteiger partial charge in [0.25, 0.3) is 5.91 Å². The van der Waals surface area contributed by atoms with Crippen molar-refractivity contribution in [2.75, 3.05) is 31.1 Å². The van der Waals surface area contributed by atoms with Crippen LogP contribution in [0.25, 0.3) is 0 Å². The highest BCUT2D eigenvalue weighted by Crippen LogP contribution is 2.27. The average molecular weight is 349 g/mol. The molecule has 25 heavy (non-hydrogen) atoms. The first-order chi connectivity index (χ1) is 12.0. The number of ether oxygens (including phenoxy) is 1. The lowest BCUT2D eigenvalue weighted by Gasteiger charge is -2.17. The second-order valence-corrected chi connectivity index (χ2v) is 5.74. The van der Waals surface area contributed by atoms with E-state index in [1.165, 1.54) is 23.1 Å². The number of carbonyl (C=O) groups is 4. The summed E-state index contributed by atoms with van der Waals surface area (Å²) in [6.45, 7) is -0.0148. The number of hydrogen-bond donors (Lipinski definition) is 1. The van der Waals surface area contributed by atoms with Crippen molar-refractivity contribution in [2.45, 2.75) is 6.42 Å². The van der Waals surface area contributed by atoms with Gasteiger partial charge in [0.2, 0.25) is 5.91 Å². The lowest BCUT2D eigenvalue weighted by atomic mass is 10.1. The van der Waals surface area contributed by atoms with Gasteiger partial charge in [-0.05, 0) is 12.1 Å². The third-order valence-corrected chi connectivity index (χ3v) is 4.10. The Hall–Kier alpha value is -2.97. The van der Waals surface area contributed by atoms with Crippen molar-refractivity contribution in [1.82, 2.24) is 10.2 Å². The smallest absolute Gasteiger partial charge is 0.324 e. The van der Waals surface area contributed by atoms with Crippen molar-refractivity contribution in [3.8, 4) is 0 Å². The van der Waals surface area contributed by atoms with E-state index in [4.69, 9.17) is 4.74 Å². The van der Waals surface area contributed by atoms with Crippen LogP contribution in [0.15, 0.2) is 24.3 Å². The van der Waals surface area contributed by atoms with Gasteiger partial charge in [0, 0.05) is 26.1 Å². The SMILES string of the molecule is O=C(OCC(=O)N1CCNC1=O)[C@@H]1CC(=O)N(c2ccccc2F)C1. The molecule has 3 rings (SSSR count). The molecule has 8 nitrogen and oxygen atoms in total. The molecule has 0 aromatic heterocycles. The van der Waals surface area contributed by atoms with Gasteiger partial charge in [-0.15, -0.1) is 0 Å². The lowest BCUT2D eigenvalue weighted by molar-refractivity contribution is -0.154. The zero-order valence-electron chi connectivity index (χ0n) is 13.2. The van der Waals surface area contributed by atoms with Crippen LogP contribution >= 0.6 is 0 Å². The molecule has 0 radical (unpaired) electrons. The van der Waals surface area contributed by atoms with Crippen LogP contribution in [0.1, 0.15) is 6.42 Å². The first-order valence-corrected chi connectivity index (χ1v) is 7.77. The predicted octanol–water partition coefficient (Wildman–Crippen LogP) is 0.274. The monoisotopic (exact) mass is 349 g/mol. The summed E-state index contributed by atoms with van der Waals surface area (Å²) in [5.74, 6) is -3.08. The molecule has 0 bridgehead atoms. The number of para-hydroxylation sites is 1. The molecule has 2 fully saturated rings. The Morgan fingerprint density at radius 1 is 1.28 bits per heavy atom. The largest absolute Gasteiger partial charge is 0.455 e. The molecule has 2 saturated heterocycles. The summed E-state index contributed by atoms with van der Waals surface area (Å²) in [5.41, 5.74) is 0.104. The molecule has 9 heteroatoms. The van der Waals surface area contributed by atoms with Crippen LogP contribution in [0.4, 0.5) is 14.9 Å². The van der Waals surface area contributed by atoms with Crippen molar-refractivity contribution >= 4 is 29.5 Å². The number of imide groups is 1. The Labute approximate surface area is 142 Å². The number of benzene rings is 1. The number of nitrogens with one attached hydrogen (secondary N) is 1. The van der Waals surface area contributed by atoms with E-state index >= 15 is 0 Å². The summed E-state index contributed by atoms with van der Waals surface area (Å²) in [6, 6.07) is 5.26. The summed E-state index contributed by atoms with van der Waals surface area (Å²) in [4.78, 5) is 49.5. The van der Waals surface area contributed by atoms with E-state index < -0.39 is 42.2 Å². The minimum atomic E-state index is -0.785. The molecule has 2 aliphatic rings. The number of halogens is 1. The molecular formula is C16H16FN3O5. The van der Waals surface area contributed by atoms with Crippen molar-refractivity contribution in [2.24, 2.45) is 5.92 Å². The third kappa shape index (κ3) is 3.44. The number of carbonyl (C=O) groups excluding carboxylic acids is 4. The predicted molar refractivity (Wildman–Crippen MR) is 82.9 cm³/mol. The highest BCUT2D eigenvalue weighted by Gasteiger charge is 2.37. The van der Waals surface area contributed by atoms with Crippen LogP contribution in [0.5, 0.6) is 0 Å². The number of hydrogen-bond acceptors (Lipinski definition) is 5. The molecule has 2 heterocycles. The van der Waals surface area contributed by atoms with Crippen molar-refractivity contribution in [3.05, 3.63) is 30.1 Å². The Balaban J connectivity index is 1.57. The zero-order chi connectivity index (χ0) is 18.0. The maximum Gasteiger partial charge on any atom is 0.324 e. The second kappa shape index (κ2) is 6.88. The normalized spacial score (nSPS) is 20.0. The van der Waals surface area contributed by atoms with Gasteiger partial charge >= 0.3 is 12.0 Å². The zero-order valence-corrected chi connectivity index (χ0v) is 13.2. The van der Waals surface area contributed by atoms with E-state index in [2.05, 4.69) is 5.32 Å². The van der Waals surface area contributed by atoms with Crippen LogP contribution < -0.4 is 10.2 Å². The summed E-state index contributed by atoms with van der Waals surface area (Å²) in [6.07, 6.45) is -0.119. The van der Waals surface area contributed by atoms with Gasteiger partial charge in [-0.1, -0.05) is 12.1 Å². The molecule has 2 aliphatic heterocycles. The minimum absolute atomic E-state index is 0.0169. The molecule has 1 aromatic carbocycles. The van der Waals surface area contributed by atoms with Crippen molar-refractivity contribution in [3.63, 3.8) is 0 Å². The van der Waals surface area contributed by atoms with Crippen LogP contribution in [-0.4, -0.2) is 55.0 Å². The molecule has 0 unspecified atom stereocenters. The highest BCUT2D eigenvalue weighted by atomic mass is 19.1. The lowest BCUT2D eigenvalue weighted by Crippen LogP contribution is -2.38. The fourth-order valence-electron chi connectivity index (χ4n) is 2.81. The fourth-order valence-corrected chi connectivity index (χ4v) is 2.81. The Kier molecular flexibility index (Phi) is 4.64. The van der Waals surface area contributed by atoms with Crippen LogP contribution in [0.3, 0.4) is 0 Å².